The van der Waals surface area contributed by atoms with Gasteiger partial charge >= 0.3 is 5.97 Å². The van der Waals surface area contributed by atoms with E-state index in [1.165, 1.54) is 25.7 Å². The zero-order valence-corrected chi connectivity index (χ0v) is 13.3. The second-order valence-electron chi connectivity index (χ2n) is 6.14. The normalized spacial score (nSPS) is 18.0. The Hall–Kier alpha value is -1.16. The highest BCUT2D eigenvalue weighted by Gasteiger charge is 2.41. The van der Waals surface area contributed by atoms with Crippen molar-refractivity contribution in [2.45, 2.75) is 37.5 Å². The minimum absolute atomic E-state index is 0.440. The van der Waals surface area contributed by atoms with Crippen LogP contribution >= 0.6 is 11.8 Å². The van der Waals surface area contributed by atoms with Crippen LogP contribution in [0.25, 0.3) is 0 Å². The number of carboxylic acid groups (broad SMARTS) is 1. The topological polar surface area (TPSA) is 49.3 Å². The molecule has 2 aliphatic rings. The van der Waals surface area contributed by atoms with Gasteiger partial charge in [-0.1, -0.05) is 13.0 Å². The number of anilines is 1. The number of hydrogen-bond donors (Lipinski definition) is 2. The van der Waals surface area contributed by atoms with Crippen LogP contribution in [0.15, 0.2) is 23.1 Å². The Morgan fingerprint density at radius 1 is 1.33 bits per heavy atom. The summed E-state index contributed by atoms with van der Waals surface area (Å²) in [6.45, 7) is 2.97. The molecule has 3 rings (SSSR count). The average Bonchev–Trinajstić information content (AvgIpc) is 3.33. The van der Waals surface area contributed by atoms with Gasteiger partial charge in [0.05, 0.1) is 5.56 Å². The van der Waals surface area contributed by atoms with Crippen LogP contribution < -0.4 is 5.32 Å². The number of rotatable bonds is 8. The fourth-order valence-corrected chi connectivity index (χ4v) is 4.00. The average molecular weight is 305 g/mol. The molecule has 3 nitrogen and oxygen atoms in total. The number of benzene rings is 1. The van der Waals surface area contributed by atoms with Crippen molar-refractivity contribution in [2.24, 2.45) is 17.8 Å². The van der Waals surface area contributed by atoms with Gasteiger partial charge in [-0.3, -0.25) is 0 Å². The van der Waals surface area contributed by atoms with Crippen molar-refractivity contribution in [3.05, 3.63) is 23.8 Å². The Balaban J connectivity index is 1.74. The molecular formula is C17H23NO2S. The van der Waals surface area contributed by atoms with Gasteiger partial charge in [0.2, 0.25) is 0 Å². The fraction of sp³-hybridized carbons (Fsp3) is 0.588. The molecule has 0 saturated heterocycles. The molecule has 0 aromatic heterocycles. The summed E-state index contributed by atoms with van der Waals surface area (Å²) in [4.78, 5) is 12.5. The van der Waals surface area contributed by atoms with E-state index in [-0.39, 0.29) is 0 Å². The van der Waals surface area contributed by atoms with Gasteiger partial charge in [-0.2, -0.15) is 0 Å². The first kappa shape index (κ1) is 14.8. The molecule has 2 N–H and O–H groups in total. The molecular weight excluding hydrogens is 282 g/mol. The summed E-state index contributed by atoms with van der Waals surface area (Å²) in [5.74, 6) is 2.56. The van der Waals surface area contributed by atoms with E-state index in [4.69, 9.17) is 0 Å². The fourth-order valence-electron chi connectivity index (χ4n) is 3.17. The highest BCUT2D eigenvalue weighted by molar-refractivity contribution is 7.99. The van der Waals surface area contributed by atoms with E-state index >= 15 is 0 Å². The third kappa shape index (κ3) is 3.54. The number of carbonyl (C=O) groups is 1. The van der Waals surface area contributed by atoms with Crippen LogP contribution in [-0.2, 0) is 0 Å². The monoisotopic (exact) mass is 305 g/mol. The van der Waals surface area contributed by atoms with Crippen molar-refractivity contribution in [1.82, 2.24) is 0 Å². The highest BCUT2D eigenvalue weighted by atomic mass is 32.2. The van der Waals surface area contributed by atoms with E-state index in [0.717, 1.165) is 40.6 Å². The van der Waals surface area contributed by atoms with Gasteiger partial charge in [0, 0.05) is 17.1 Å². The SMILES string of the molecule is CCSc1cccc(NCC(C2CC2)C2CC2)c1C(=O)O. The molecule has 21 heavy (non-hydrogen) atoms. The molecule has 0 aliphatic heterocycles. The smallest absolute Gasteiger partial charge is 0.338 e. The minimum Gasteiger partial charge on any atom is -0.478 e. The van der Waals surface area contributed by atoms with Crippen LogP contribution in [0.2, 0.25) is 0 Å². The predicted molar refractivity (Wildman–Crippen MR) is 87.2 cm³/mol. The minimum atomic E-state index is -0.830. The first-order valence-electron chi connectivity index (χ1n) is 7.93. The maximum absolute atomic E-state index is 11.6. The standard InChI is InChI=1S/C17H23NO2S/c1-2-21-15-5-3-4-14(16(15)17(19)20)18-10-13(11-6-7-11)12-8-9-12/h3-5,11-13,18H,2,6-10H2,1H3,(H,19,20). The second kappa shape index (κ2) is 6.30. The summed E-state index contributed by atoms with van der Waals surface area (Å²) in [7, 11) is 0. The Morgan fingerprint density at radius 2 is 2.00 bits per heavy atom. The molecule has 114 valence electrons. The maximum atomic E-state index is 11.6. The molecule has 0 heterocycles. The Kier molecular flexibility index (Phi) is 4.43. The van der Waals surface area contributed by atoms with E-state index in [0.29, 0.717) is 5.56 Å². The van der Waals surface area contributed by atoms with Crippen molar-refractivity contribution < 1.29 is 9.90 Å². The van der Waals surface area contributed by atoms with Crippen LogP contribution in [-0.4, -0.2) is 23.4 Å². The molecule has 4 heteroatoms. The van der Waals surface area contributed by atoms with Gasteiger partial charge in [0.1, 0.15) is 0 Å². The number of carboxylic acids is 1. The van der Waals surface area contributed by atoms with E-state index in [9.17, 15) is 9.90 Å². The van der Waals surface area contributed by atoms with Crippen LogP contribution in [0.4, 0.5) is 5.69 Å². The number of nitrogens with one attached hydrogen (secondary N) is 1. The lowest BCUT2D eigenvalue weighted by Gasteiger charge is -2.19. The van der Waals surface area contributed by atoms with Crippen LogP contribution in [0.3, 0.4) is 0 Å². The summed E-state index contributed by atoms with van der Waals surface area (Å²) >= 11 is 1.60. The van der Waals surface area contributed by atoms with Gasteiger partial charge in [0.25, 0.3) is 0 Å². The second-order valence-corrected chi connectivity index (χ2v) is 7.44. The molecule has 0 atom stereocenters. The molecule has 0 spiro atoms. The third-order valence-corrected chi connectivity index (χ3v) is 5.46. The van der Waals surface area contributed by atoms with E-state index in [1.54, 1.807) is 11.8 Å². The van der Waals surface area contributed by atoms with E-state index < -0.39 is 5.97 Å². The van der Waals surface area contributed by atoms with Crippen LogP contribution in [0.5, 0.6) is 0 Å². The van der Waals surface area contributed by atoms with Gasteiger partial charge < -0.3 is 10.4 Å². The summed E-state index contributed by atoms with van der Waals surface area (Å²) in [5, 5.41) is 13.0. The van der Waals surface area contributed by atoms with Crippen molar-refractivity contribution in [1.29, 1.82) is 0 Å². The summed E-state index contributed by atoms with van der Waals surface area (Å²) in [5.41, 5.74) is 1.22. The van der Waals surface area contributed by atoms with Crippen LogP contribution in [0, 0.1) is 17.8 Å². The quantitative estimate of drug-likeness (QED) is 0.701. The lowest BCUT2D eigenvalue weighted by molar-refractivity contribution is 0.0694. The molecule has 0 amide bonds. The van der Waals surface area contributed by atoms with E-state index in [2.05, 4.69) is 5.32 Å². The largest absolute Gasteiger partial charge is 0.478 e. The van der Waals surface area contributed by atoms with Gasteiger partial charge in [-0.25, -0.2) is 4.79 Å². The summed E-state index contributed by atoms with van der Waals surface area (Å²) in [6, 6.07) is 5.76. The lowest BCUT2D eigenvalue weighted by Crippen LogP contribution is -2.19. The molecule has 0 unspecified atom stereocenters. The summed E-state index contributed by atoms with van der Waals surface area (Å²) in [6.07, 6.45) is 5.45. The number of hydrogen-bond acceptors (Lipinski definition) is 3. The zero-order chi connectivity index (χ0) is 14.8. The van der Waals surface area contributed by atoms with Crippen molar-refractivity contribution >= 4 is 23.4 Å². The first-order valence-corrected chi connectivity index (χ1v) is 8.92. The first-order chi connectivity index (χ1) is 10.2. The molecule has 1 aromatic rings. The third-order valence-electron chi connectivity index (χ3n) is 4.52. The maximum Gasteiger partial charge on any atom is 0.338 e. The Bertz CT molecular complexity index is 512. The van der Waals surface area contributed by atoms with Crippen LogP contribution in [0.1, 0.15) is 43.0 Å². The molecule has 2 aliphatic carbocycles. The molecule has 2 fully saturated rings. The van der Waals surface area contributed by atoms with E-state index in [1.807, 2.05) is 25.1 Å². The highest BCUT2D eigenvalue weighted by Crippen LogP contribution is 2.49. The zero-order valence-electron chi connectivity index (χ0n) is 12.5. The molecule has 0 radical (unpaired) electrons. The van der Waals surface area contributed by atoms with Crippen molar-refractivity contribution in [3.8, 4) is 0 Å². The van der Waals surface area contributed by atoms with Crippen molar-refractivity contribution in [2.75, 3.05) is 17.6 Å². The molecule has 1 aromatic carbocycles. The molecule has 0 bridgehead atoms. The predicted octanol–water partition coefficient (Wildman–Crippen LogP) is 4.34. The number of thioether (sulfide) groups is 1. The Morgan fingerprint density at radius 3 is 2.52 bits per heavy atom. The van der Waals surface area contributed by atoms with Gasteiger partial charge in [-0.15, -0.1) is 11.8 Å². The van der Waals surface area contributed by atoms with Gasteiger partial charge in [0.15, 0.2) is 0 Å². The van der Waals surface area contributed by atoms with Gasteiger partial charge in [-0.05, 0) is 61.3 Å². The number of aromatic carboxylic acids is 1. The Labute approximate surface area is 130 Å². The van der Waals surface area contributed by atoms with Crippen molar-refractivity contribution in [3.63, 3.8) is 0 Å². The summed E-state index contributed by atoms with van der Waals surface area (Å²) < 4.78 is 0. The lowest BCUT2D eigenvalue weighted by atomic mass is 9.97. The molecule has 2 saturated carbocycles.